The SMILES string of the molecule is Cn1cc(-c2ccc3cnc(CC(=O)c4csc(C5CCNCC5)n4)nc3c2)cn1. The monoisotopic (exact) mass is 418 g/mol. The summed E-state index contributed by atoms with van der Waals surface area (Å²) in [6.45, 7) is 2.03. The summed E-state index contributed by atoms with van der Waals surface area (Å²) < 4.78 is 1.77. The van der Waals surface area contributed by atoms with Crippen LogP contribution in [0.1, 0.15) is 40.1 Å². The zero-order valence-electron chi connectivity index (χ0n) is 16.7. The van der Waals surface area contributed by atoms with E-state index in [1.54, 1.807) is 22.2 Å². The van der Waals surface area contributed by atoms with Crippen molar-refractivity contribution in [2.24, 2.45) is 7.05 Å². The van der Waals surface area contributed by atoms with Crippen molar-refractivity contribution < 1.29 is 4.79 Å². The Morgan fingerprint density at radius 3 is 2.87 bits per heavy atom. The number of carbonyl (C=O) groups excluding carboxylic acids is 1. The molecule has 0 radical (unpaired) electrons. The number of hydrogen-bond acceptors (Lipinski definition) is 7. The van der Waals surface area contributed by atoms with Gasteiger partial charge in [0.2, 0.25) is 0 Å². The van der Waals surface area contributed by atoms with Gasteiger partial charge in [0, 0.05) is 41.7 Å². The number of aryl methyl sites for hydroxylation is 1. The molecule has 1 saturated heterocycles. The van der Waals surface area contributed by atoms with E-state index in [-0.39, 0.29) is 12.2 Å². The summed E-state index contributed by atoms with van der Waals surface area (Å²) in [4.78, 5) is 26.4. The Bertz CT molecular complexity index is 1210. The Hall–Kier alpha value is -2.97. The summed E-state index contributed by atoms with van der Waals surface area (Å²) in [5.41, 5.74) is 3.42. The first-order valence-electron chi connectivity index (χ1n) is 10.1. The van der Waals surface area contributed by atoms with Crippen LogP contribution in [0.3, 0.4) is 0 Å². The fourth-order valence-electron chi connectivity index (χ4n) is 3.80. The van der Waals surface area contributed by atoms with Gasteiger partial charge >= 0.3 is 0 Å². The average molecular weight is 419 g/mol. The molecule has 30 heavy (non-hydrogen) atoms. The Balaban J connectivity index is 1.35. The van der Waals surface area contributed by atoms with E-state index in [0.717, 1.165) is 53.0 Å². The second kappa shape index (κ2) is 8.04. The lowest BCUT2D eigenvalue weighted by atomic mass is 9.99. The van der Waals surface area contributed by atoms with Crippen LogP contribution in [0, 0.1) is 0 Å². The number of aromatic nitrogens is 5. The van der Waals surface area contributed by atoms with E-state index in [4.69, 9.17) is 0 Å². The smallest absolute Gasteiger partial charge is 0.189 e. The lowest BCUT2D eigenvalue weighted by Crippen LogP contribution is -2.26. The molecular formula is C22H22N6OS. The van der Waals surface area contributed by atoms with Crippen molar-refractivity contribution in [1.29, 1.82) is 0 Å². The fraction of sp³-hybridized carbons (Fsp3) is 0.318. The highest BCUT2D eigenvalue weighted by Crippen LogP contribution is 2.28. The van der Waals surface area contributed by atoms with Gasteiger partial charge in [-0.25, -0.2) is 15.0 Å². The van der Waals surface area contributed by atoms with E-state index in [0.29, 0.717) is 17.4 Å². The summed E-state index contributed by atoms with van der Waals surface area (Å²) in [6, 6.07) is 6.04. The molecule has 152 valence electrons. The van der Waals surface area contributed by atoms with Crippen molar-refractivity contribution >= 4 is 28.0 Å². The van der Waals surface area contributed by atoms with Crippen molar-refractivity contribution in [3.8, 4) is 11.1 Å². The van der Waals surface area contributed by atoms with E-state index in [9.17, 15) is 4.79 Å². The molecule has 8 heteroatoms. The zero-order chi connectivity index (χ0) is 20.5. The van der Waals surface area contributed by atoms with Crippen LogP contribution in [0.4, 0.5) is 0 Å². The highest BCUT2D eigenvalue weighted by molar-refractivity contribution is 7.09. The number of thiazole rings is 1. The fourth-order valence-corrected chi connectivity index (χ4v) is 4.80. The molecule has 1 aliphatic heterocycles. The molecule has 0 amide bonds. The number of rotatable bonds is 5. The molecular weight excluding hydrogens is 396 g/mol. The van der Waals surface area contributed by atoms with Gasteiger partial charge in [0.1, 0.15) is 11.5 Å². The normalized spacial score (nSPS) is 15.0. The lowest BCUT2D eigenvalue weighted by Gasteiger charge is -2.20. The number of carbonyl (C=O) groups is 1. The highest BCUT2D eigenvalue weighted by atomic mass is 32.1. The predicted octanol–water partition coefficient (Wildman–Crippen LogP) is 3.38. The third kappa shape index (κ3) is 3.88. The molecule has 1 fully saturated rings. The highest BCUT2D eigenvalue weighted by Gasteiger charge is 2.21. The van der Waals surface area contributed by atoms with Crippen LogP contribution in [-0.2, 0) is 13.5 Å². The number of nitrogens with one attached hydrogen (secondary N) is 1. The van der Waals surface area contributed by atoms with E-state index >= 15 is 0 Å². The molecule has 1 aliphatic rings. The largest absolute Gasteiger partial charge is 0.317 e. The number of piperidine rings is 1. The van der Waals surface area contributed by atoms with Crippen molar-refractivity contribution in [2.75, 3.05) is 13.1 Å². The summed E-state index contributed by atoms with van der Waals surface area (Å²) in [5, 5.41) is 11.5. The molecule has 0 unspecified atom stereocenters. The van der Waals surface area contributed by atoms with Gasteiger partial charge in [-0.15, -0.1) is 11.3 Å². The molecule has 5 rings (SSSR count). The Morgan fingerprint density at radius 2 is 2.07 bits per heavy atom. The number of ketones is 1. The molecule has 0 spiro atoms. The number of benzene rings is 1. The minimum absolute atomic E-state index is 0.0331. The van der Waals surface area contributed by atoms with E-state index < -0.39 is 0 Å². The van der Waals surface area contributed by atoms with Crippen LogP contribution in [0.5, 0.6) is 0 Å². The maximum atomic E-state index is 12.8. The van der Waals surface area contributed by atoms with Crippen molar-refractivity contribution in [1.82, 2.24) is 30.0 Å². The van der Waals surface area contributed by atoms with Gasteiger partial charge in [0.05, 0.1) is 23.1 Å². The van der Waals surface area contributed by atoms with Gasteiger partial charge in [-0.1, -0.05) is 12.1 Å². The van der Waals surface area contributed by atoms with Crippen molar-refractivity contribution in [2.45, 2.75) is 25.2 Å². The van der Waals surface area contributed by atoms with Crippen LogP contribution in [0.2, 0.25) is 0 Å². The number of hydrogen-bond donors (Lipinski definition) is 1. The molecule has 0 aliphatic carbocycles. The van der Waals surface area contributed by atoms with Gasteiger partial charge in [0.25, 0.3) is 0 Å². The summed E-state index contributed by atoms with van der Waals surface area (Å²) in [6.07, 6.45) is 7.88. The predicted molar refractivity (Wildman–Crippen MR) is 117 cm³/mol. The van der Waals surface area contributed by atoms with Gasteiger partial charge in [-0.3, -0.25) is 9.48 Å². The van der Waals surface area contributed by atoms with Crippen molar-refractivity contribution in [3.05, 3.63) is 58.7 Å². The summed E-state index contributed by atoms with van der Waals surface area (Å²) in [5.74, 6) is 0.946. The van der Waals surface area contributed by atoms with E-state index in [1.165, 1.54) is 0 Å². The first-order valence-corrected chi connectivity index (χ1v) is 11.0. The van der Waals surface area contributed by atoms with Crippen LogP contribution >= 0.6 is 11.3 Å². The van der Waals surface area contributed by atoms with E-state index in [1.807, 2.05) is 43.0 Å². The van der Waals surface area contributed by atoms with Gasteiger partial charge < -0.3 is 5.32 Å². The number of Topliss-reactive ketones (excluding diaryl/α,β-unsaturated/α-hetero) is 1. The molecule has 1 N–H and O–H groups in total. The average Bonchev–Trinajstić information content (AvgIpc) is 3.43. The molecule has 1 aromatic carbocycles. The molecule has 3 aromatic heterocycles. The van der Waals surface area contributed by atoms with Crippen LogP contribution < -0.4 is 5.32 Å². The van der Waals surface area contributed by atoms with Gasteiger partial charge in [-0.05, 0) is 37.6 Å². The molecule has 0 saturated carbocycles. The second-order valence-corrected chi connectivity index (χ2v) is 8.55. The molecule has 4 aromatic rings. The quantitative estimate of drug-likeness (QED) is 0.500. The lowest BCUT2D eigenvalue weighted by molar-refractivity contribution is 0.0986. The number of nitrogens with zero attached hydrogens (tertiary/aromatic N) is 5. The zero-order valence-corrected chi connectivity index (χ0v) is 17.5. The van der Waals surface area contributed by atoms with Crippen molar-refractivity contribution in [3.63, 3.8) is 0 Å². The first-order chi connectivity index (χ1) is 14.7. The standard InChI is InChI=1S/C22H22N6OS/c1-28-12-17(11-25-28)15-2-3-16-10-24-21(26-18(16)8-15)9-20(29)19-13-30-22(27-19)14-4-6-23-7-5-14/h2-3,8,10-14,23H,4-7,9H2,1H3. The second-order valence-electron chi connectivity index (χ2n) is 7.66. The summed E-state index contributed by atoms with van der Waals surface area (Å²) in [7, 11) is 1.89. The topological polar surface area (TPSA) is 85.6 Å². The molecule has 4 heterocycles. The maximum Gasteiger partial charge on any atom is 0.189 e. The minimum atomic E-state index is -0.0331. The molecule has 0 bridgehead atoms. The van der Waals surface area contributed by atoms with E-state index in [2.05, 4.69) is 25.4 Å². The van der Waals surface area contributed by atoms with Gasteiger partial charge in [-0.2, -0.15) is 5.10 Å². The molecule has 0 atom stereocenters. The Labute approximate surface area is 178 Å². The third-order valence-electron chi connectivity index (χ3n) is 5.49. The first kappa shape index (κ1) is 19.0. The maximum absolute atomic E-state index is 12.8. The third-order valence-corrected chi connectivity index (χ3v) is 6.49. The Morgan fingerprint density at radius 1 is 1.20 bits per heavy atom. The van der Waals surface area contributed by atoms with Crippen LogP contribution in [-0.4, -0.2) is 43.6 Å². The van der Waals surface area contributed by atoms with Crippen LogP contribution in [0.15, 0.2) is 42.2 Å². The summed E-state index contributed by atoms with van der Waals surface area (Å²) >= 11 is 1.59. The number of fused-ring (bicyclic) bond motifs is 1. The van der Waals surface area contributed by atoms with Gasteiger partial charge in [0.15, 0.2) is 5.78 Å². The Kier molecular flexibility index (Phi) is 5.10. The minimum Gasteiger partial charge on any atom is -0.317 e. The van der Waals surface area contributed by atoms with Crippen LogP contribution in [0.25, 0.3) is 22.0 Å². The molecule has 7 nitrogen and oxygen atoms in total.